The van der Waals surface area contributed by atoms with Gasteiger partial charge in [-0.3, -0.25) is 19.3 Å². The number of imide groups is 1. The molecule has 3 amide bonds. The highest BCUT2D eigenvalue weighted by Crippen LogP contribution is 2.58. The first-order valence-corrected chi connectivity index (χ1v) is 8.75. The summed E-state index contributed by atoms with van der Waals surface area (Å²) in [5.74, 6) is -0.424. The van der Waals surface area contributed by atoms with Crippen LogP contribution in [-0.2, 0) is 20.9 Å². The lowest BCUT2D eigenvalue weighted by atomic mass is 9.51. The second-order valence-corrected chi connectivity index (χ2v) is 8.55. The van der Waals surface area contributed by atoms with Gasteiger partial charge in [-0.05, 0) is 24.8 Å². The van der Waals surface area contributed by atoms with Gasteiger partial charge in [-0.15, -0.1) is 0 Å². The van der Waals surface area contributed by atoms with Gasteiger partial charge in [-0.25, -0.2) is 0 Å². The summed E-state index contributed by atoms with van der Waals surface area (Å²) in [5.41, 5.74) is -1.05. The van der Waals surface area contributed by atoms with Gasteiger partial charge in [0, 0.05) is 29.8 Å². The van der Waals surface area contributed by atoms with Crippen molar-refractivity contribution in [3.63, 3.8) is 0 Å². The minimum atomic E-state index is -0.733. The fourth-order valence-corrected chi connectivity index (χ4v) is 5.13. The molecule has 1 aliphatic carbocycles. The predicted molar refractivity (Wildman–Crippen MR) is 94.2 cm³/mol. The molecule has 2 aliphatic rings. The molecule has 25 heavy (non-hydrogen) atoms. The number of carbonyl (C=O) groups excluding carboxylic acids is 3. The number of carbonyl (C=O) groups is 3. The zero-order chi connectivity index (χ0) is 18.5. The number of benzene rings is 1. The van der Waals surface area contributed by atoms with Crippen molar-refractivity contribution in [2.24, 2.45) is 16.2 Å². The summed E-state index contributed by atoms with van der Waals surface area (Å²) in [6.07, 6.45) is 1.45. The maximum Gasteiger partial charge on any atom is 0.234 e. The first-order chi connectivity index (χ1) is 11.6. The molecule has 3 rings (SSSR count). The molecule has 1 N–H and O–H groups in total. The number of hydrogen-bond acceptors (Lipinski definition) is 3. The Bertz CT molecular complexity index is 700. The summed E-state index contributed by atoms with van der Waals surface area (Å²) in [4.78, 5) is 39.6. The van der Waals surface area contributed by atoms with Crippen molar-refractivity contribution in [1.82, 2.24) is 10.2 Å². The van der Waals surface area contributed by atoms with Crippen LogP contribution >= 0.6 is 0 Å². The molecule has 2 atom stereocenters. The van der Waals surface area contributed by atoms with Crippen molar-refractivity contribution in [3.8, 4) is 0 Å². The van der Waals surface area contributed by atoms with Crippen molar-refractivity contribution >= 4 is 17.7 Å². The van der Waals surface area contributed by atoms with E-state index >= 15 is 0 Å². The van der Waals surface area contributed by atoms with Gasteiger partial charge in [0.15, 0.2) is 0 Å². The van der Waals surface area contributed by atoms with E-state index in [9.17, 15) is 14.4 Å². The molecule has 1 aliphatic heterocycles. The molecule has 5 nitrogen and oxygen atoms in total. The average molecular weight is 342 g/mol. The van der Waals surface area contributed by atoms with Crippen LogP contribution in [0.25, 0.3) is 0 Å². The smallest absolute Gasteiger partial charge is 0.234 e. The van der Waals surface area contributed by atoms with Crippen LogP contribution in [0.15, 0.2) is 30.3 Å². The highest BCUT2D eigenvalue weighted by molar-refractivity contribution is 6.04. The number of hydrogen-bond donors (Lipinski definition) is 1. The van der Waals surface area contributed by atoms with E-state index in [2.05, 4.69) is 5.32 Å². The molecular weight excluding hydrogens is 316 g/mol. The number of piperidine rings is 1. The Balaban J connectivity index is 1.83. The van der Waals surface area contributed by atoms with E-state index in [1.54, 1.807) is 7.05 Å². The van der Waals surface area contributed by atoms with Crippen LogP contribution in [0, 0.1) is 16.2 Å². The summed E-state index contributed by atoms with van der Waals surface area (Å²) in [7, 11) is 1.55. The molecule has 1 saturated heterocycles. The molecule has 134 valence electrons. The van der Waals surface area contributed by atoms with Crippen molar-refractivity contribution in [2.75, 3.05) is 7.05 Å². The topological polar surface area (TPSA) is 66.5 Å². The molecule has 0 spiro atoms. The Hall–Kier alpha value is -2.17. The number of fused-ring (bicyclic) bond motifs is 2. The van der Waals surface area contributed by atoms with Gasteiger partial charge in [-0.1, -0.05) is 51.1 Å². The van der Waals surface area contributed by atoms with E-state index in [1.807, 2.05) is 51.1 Å². The molecule has 1 aromatic carbocycles. The molecule has 1 saturated carbocycles. The second-order valence-electron chi connectivity index (χ2n) is 8.55. The lowest BCUT2D eigenvalue weighted by molar-refractivity contribution is -0.178. The van der Waals surface area contributed by atoms with E-state index < -0.39 is 16.2 Å². The highest BCUT2D eigenvalue weighted by atomic mass is 16.2. The van der Waals surface area contributed by atoms with Crippen LogP contribution in [0.3, 0.4) is 0 Å². The first kappa shape index (κ1) is 17.6. The quantitative estimate of drug-likeness (QED) is 0.858. The van der Waals surface area contributed by atoms with Crippen LogP contribution < -0.4 is 5.32 Å². The lowest BCUT2D eigenvalue weighted by Crippen LogP contribution is -2.63. The van der Waals surface area contributed by atoms with Crippen molar-refractivity contribution in [2.45, 2.75) is 46.6 Å². The fourth-order valence-electron chi connectivity index (χ4n) is 5.13. The number of likely N-dealkylation sites (tertiary alicyclic amines) is 1. The van der Waals surface area contributed by atoms with E-state index in [0.717, 1.165) is 5.56 Å². The van der Waals surface area contributed by atoms with Gasteiger partial charge in [0.2, 0.25) is 17.7 Å². The third-order valence-corrected chi connectivity index (χ3v) is 5.83. The monoisotopic (exact) mass is 342 g/mol. The summed E-state index contributed by atoms with van der Waals surface area (Å²) < 4.78 is 0. The Morgan fingerprint density at radius 2 is 1.52 bits per heavy atom. The molecule has 2 unspecified atom stereocenters. The van der Waals surface area contributed by atoms with Gasteiger partial charge in [-0.2, -0.15) is 0 Å². The van der Waals surface area contributed by atoms with Crippen molar-refractivity contribution in [1.29, 1.82) is 0 Å². The van der Waals surface area contributed by atoms with Crippen LogP contribution in [0.4, 0.5) is 0 Å². The van der Waals surface area contributed by atoms with E-state index in [4.69, 9.17) is 0 Å². The number of nitrogens with zero attached hydrogens (tertiary/aromatic N) is 1. The van der Waals surface area contributed by atoms with Crippen LogP contribution in [0.2, 0.25) is 0 Å². The SMILES string of the molecule is CN1C(=O)C2(C)CC(C)(C(=O)NCc3ccccc3)CC(C)(C2)C1=O. The fraction of sp³-hybridized carbons (Fsp3) is 0.550. The van der Waals surface area contributed by atoms with Gasteiger partial charge >= 0.3 is 0 Å². The number of nitrogens with one attached hydrogen (secondary N) is 1. The number of rotatable bonds is 3. The summed E-state index contributed by atoms with van der Waals surface area (Å²) >= 11 is 0. The molecule has 1 heterocycles. The van der Waals surface area contributed by atoms with Gasteiger partial charge in [0.1, 0.15) is 0 Å². The first-order valence-electron chi connectivity index (χ1n) is 8.75. The summed E-state index contributed by atoms with van der Waals surface area (Å²) in [6.45, 7) is 6.11. The summed E-state index contributed by atoms with van der Waals surface area (Å²) in [5, 5.41) is 3.00. The minimum Gasteiger partial charge on any atom is -0.352 e. The average Bonchev–Trinajstić information content (AvgIpc) is 2.56. The predicted octanol–water partition coefficient (Wildman–Crippen LogP) is 2.50. The zero-order valence-corrected chi connectivity index (χ0v) is 15.4. The number of amides is 3. The largest absolute Gasteiger partial charge is 0.352 e. The molecular formula is C20H26N2O3. The Morgan fingerprint density at radius 1 is 1.00 bits per heavy atom. The highest BCUT2D eigenvalue weighted by Gasteiger charge is 2.62. The van der Waals surface area contributed by atoms with Crippen molar-refractivity contribution < 1.29 is 14.4 Å². The van der Waals surface area contributed by atoms with Gasteiger partial charge in [0.05, 0.1) is 0 Å². The lowest BCUT2D eigenvalue weighted by Gasteiger charge is -2.55. The van der Waals surface area contributed by atoms with E-state index in [-0.39, 0.29) is 17.7 Å². The second kappa shape index (κ2) is 5.68. The van der Waals surface area contributed by atoms with E-state index in [1.165, 1.54) is 4.90 Å². The van der Waals surface area contributed by atoms with Crippen LogP contribution in [0.1, 0.15) is 45.6 Å². The Labute approximate surface area is 148 Å². The van der Waals surface area contributed by atoms with Crippen molar-refractivity contribution in [3.05, 3.63) is 35.9 Å². The van der Waals surface area contributed by atoms with Crippen LogP contribution in [0.5, 0.6) is 0 Å². The third kappa shape index (κ3) is 2.86. The van der Waals surface area contributed by atoms with E-state index in [0.29, 0.717) is 25.8 Å². The molecule has 0 aromatic heterocycles. The molecule has 0 radical (unpaired) electrons. The standard InChI is InChI=1S/C20H26N2O3/c1-18(15(23)21-10-14-8-6-5-7-9-14)11-19(2)13-20(3,12-18)17(25)22(4)16(19)24/h5-9H,10-13H2,1-4H3,(H,21,23). The molecule has 2 fully saturated rings. The zero-order valence-electron chi connectivity index (χ0n) is 15.4. The minimum absolute atomic E-state index is 0.0846. The molecule has 2 bridgehead atoms. The normalized spacial score (nSPS) is 34.8. The molecule has 1 aromatic rings. The maximum absolute atomic E-state index is 13.0. The third-order valence-electron chi connectivity index (χ3n) is 5.83. The Morgan fingerprint density at radius 3 is 2.04 bits per heavy atom. The van der Waals surface area contributed by atoms with Gasteiger partial charge < -0.3 is 5.32 Å². The Kier molecular flexibility index (Phi) is 4.01. The van der Waals surface area contributed by atoms with Gasteiger partial charge in [0.25, 0.3) is 0 Å². The molecule has 5 heteroatoms. The summed E-state index contributed by atoms with van der Waals surface area (Å²) in [6, 6.07) is 9.73. The van der Waals surface area contributed by atoms with Crippen LogP contribution in [-0.4, -0.2) is 29.7 Å². The maximum atomic E-state index is 13.0.